The fourth-order valence-corrected chi connectivity index (χ4v) is 4.99. The van der Waals surface area contributed by atoms with Crippen LogP contribution >= 0.6 is 78.9 Å². The van der Waals surface area contributed by atoms with Gasteiger partial charge in [-0.15, -0.1) is 0 Å². The van der Waals surface area contributed by atoms with E-state index in [1.165, 1.54) is 0 Å². The molecule has 174 valence electrons. The number of benzene rings is 3. The molecule has 0 saturated carbocycles. The average molecular weight is 655 g/mol. The molecular formula is C22H18Br2Cl3N3O2S. The van der Waals surface area contributed by atoms with Crippen molar-refractivity contribution in [3.63, 3.8) is 0 Å². The van der Waals surface area contributed by atoms with Gasteiger partial charge in [-0.05, 0) is 72.5 Å². The number of nitrogens with one attached hydrogen (secondary N) is 3. The zero-order valence-electron chi connectivity index (χ0n) is 17.1. The monoisotopic (exact) mass is 651 g/mol. The number of amides is 1. The minimum atomic E-state index is -1.87. The van der Waals surface area contributed by atoms with E-state index in [0.29, 0.717) is 20.4 Å². The van der Waals surface area contributed by atoms with E-state index in [9.17, 15) is 4.79 Å². The normalized spacial score (nSPS) is 12.2. The Morgan fingerprint density at radius 3 is 2.33 bits per heavy atom. The topological polar surface area (TPSA) is 62.4 Å². The fourth-order valence-electron chi connectivity index (χ4n) is 3.10. The maximum Gasteiger partial charge on any atom is 0.228 e. The third-order valence-corrected chi connectivity index (χ3v) is 6.75. The molecule has 5 nitrogen and oxygen atoms in total. The Morgan fingerprint density at radius 2 is 1.70 bits per heavy atom. The van der Waals surface area contributed by atoms with Crippen LogP contribution in [-0.4, -0.2) is 28.1 Å². The summed E-state index contributed by atoms with van der Waals surface area (Å²) in [4.78, 5) is 12.8. The molecule has 0 saturated heterocycles. The van der Waals surface area contributed by atoms with E-state index in [2.05, 4.69) is 47.8 Å². The van der Waals surface area contributed by atoms with Crippen LogP contribution in [0.15, 0.2) is 63.5 Å². The lowest BCUT2D eigenvalue weighted by molar-refractivity contribution is -0.121. The van der Waals surface area contributed by atoms with Crippen LogP contribution in [0.4, 0.5) is 5.69 Å². The van der Waals surface area contributed by atoms with Gasteiger partial charge in [0.05, 0.1) is 19.2 Å². The van der Waals surface area contributed by atoms with E-state index >= 15 is 0 Å². The molecule has 0 bridgehead atoms. The SMILES string of the molecule is COc1cc(Br)c(NC(=S)NC(NC(=O)Cc2cccc3ccccc23)C(Cl)(Cl)Cl)c(Br)c1. The van der Waals surface area contributed by atoms with E-state index in [-0.39, 0.29) is 17.4 Å². The quantitative estimate of drug-likeness (QED) is 0.157. The number of alkyl halides is 3. The summed E-state index contributed by atoms with van der Waals surface area (Å²) in [5, 5.41) is 10.8. The highest BCUT2D eigenvalue weighted by atomic mass is 79.9. The second-order valence-corrected chi connectivity index (χ2v) is 11.4. The number of rotatable bonds is 6. The zero-order valence-corrected chi connectivity index (χ0v) is 23.4. The Hall–Kier alpha value is -1.29. The van der Waals surface area contributed by atoms with Crippen molar-refractivity contribution in [1.29, 1.82) is 0 Å². The van der Waals surface area contributed by atoms with Gasteiger partial charge >= 0.3 is 0 Å². The minimum Gasteiger partial charge on any atom is -0.497 e. The molecule has 0 heterocycles. The molecule has 0 aliphatic carbocycles. The summed E-state index contributed by atoms with van der Waals surface area (Å²) in [6.45, 7) is 0. The number of carbonyl (C=O) groups is 1. The van der Waals surface area contributed by atoms with Crippen molar-refractivity contribution in [2.24, 2.45) is 0 Å². The largest absolute Gasteiger partial charge is 0.497 e. The standard InChI is InChI=1S/C22H18Br2Cl3N3O2S/c1-32-14-10-16(23)19(17(24)11-14)29-21(33)30-20(22(25,26)27)28-18(31)9-13-7-4-6-12-5-2-3-8-15(12)13/h2-8,10-11,20H,9H2,1H3,(H,28,31)(H2,29,30,33). The Bertz CT molecular complexity index is 1160. The third kappa shape index (κ3) is 7.10. The summed E-state index contributed by atoms with van der Waals surface area (Å²) >= 11 is 30.7. The lowest BCUT2D eigenvalue weighted by Gasteiger charge is -2.28. The van der Waals surface area contributed by atoms with Gasteiger partial charge in [-0.2, -0.15) is 0 Å². The smallest absolute Gasteiger partial charge is 0.228 e. The lowest BCUT2D eigenvalue weighted by Crippen LogP contribution is -2.56. The van der Waals surface area contributed by atoms with Gasteiger partial charge in [-0.1, -0.05) is 77.3 Å². The van der Waals surface area contributed by atoms with Gasteiger partial charge in [-0.3, -0.25) is 4.79 Å². The van der Waals surface area contributed by atoms with Gasteiger partial charge in [0.1, 0.15) is 11.9 Å². The van der Waals surface area contributed by atoms with E-state index in [1.807, 2.05) is 42.5 Å². The zero-order chi connectivity index (χ0) is 24.2. The second kappa shape index (κ2) is 11.4. The first kappa shape index (κ1) is 26.3. The van der Waals surface area contributed by atoms with Gasteiger partial charge in [-0.25, -0.2) is 0 Å². The lowest BCUT2D eigenvalue weighted by atomic mass is 10.0. The molecule has 0 aromatic heterocycles. The number of fused-ring (bicyclic) bond motifs is 1. The molecule has 11 heteroatoms. The van der Waals surface area contributed by atoms with Crippen molar-refractivity contribution in [3.8, 4) is 5.75 Å². The molecule has 1 atom stereocenters. The molecule has 1 unspecified atom stereocenters. The van der Waals surface area contributed by atoms with Crippen LogP contribution in [0.1, 0.15) is 5.56 Å². The third-order valence-electron chi connectivity index (χ3n) is 4.63. The van der Waals surface area contributed by atoms with Crippen LogP contribution < -0.4 is 20.7 Å². The number of halogens is 5. The van der Waals surface area contributed by atoms with E-state index in [1.54, 1.807) is 19.2 Å². The molecule has 1 amide bonds. The summed E-state index contributed by atoms with van der Waals surface area (Å²) in [6, 6.07) is 17.2. The van der Waals surface area contributed by atoms with E-state index in [0.717, 1.165) is 16.3 Å². The van der Waals surface area contributed by atoms with E-state index in [4.69, 9.17) is 51.8 Å². The van der Waals surface area contributed by atoms with Gasteiger partial charge in [0, 0.05) is 8.95 Å². The van der Waals surface area contributed by atoms with Crippen molar-refractivity contribution in [3.05, 3.63) is 69.1 Å². The van der Waals surface area contributed by atoms with Crippen LogP contribution in [0.5, 0.6) is 5.75 Å². The molecule has 0 aliphatic rings. The summed E-state index contributed by atoms with van der Waals surface area (Å²) in [7, 11) is 1.57. The number of hydrogen-bond donors (Lipinski definition) is 3. The molecule has 0 radical (unpaired) electrons. The number of carbonyl (C=O) groups excluding carboxylic acids is 1. The molecule has 0 aliphatic heterocycles. The number of methoxy groups -OCH3 is 1. The van der Waals surface area contributed by atoms with Crippen LogP contribution in [0.25, 0.3) is 10.8 Å². The first-order valence-electron chi connectivity index (χ1n) is 9.51. The molecule has 3 aromatic rings. The van der Waals surface area contributed by atoms with Crippen molar-refractivity contribution in [2.75, 3.05) is 12.4 Å². The summed E-state index contributed by atoms with van der Waals surface area (Å²) < 4.78 is 4.76. The highest BCUT2D eigenvalue weighted by Crippen LogP contribution is 2.35. The number of thiocarbonyl (C=S) groups is 1. The average Bonchev–Trinajstić information content (AvgIpc) is 2.75. The number of anilines is 1. The van der Waals surface area contributed by atoms with Crippen molar-refractivity contribution in [2.45, 2.75) is 16.4 Å². The van der Waals surface area contributed by atoms with Crippen LogP contribution in [0.3, 0.4) is 0 Å². The van der Waals surface area contributed by atoms with Gasteiger partial charge < -0.3 is 20.7 Å². The fraction of sp³-hybridized carbons (Fsp3) is 0.182. The number of ether oxygens (including phenoxy) is 1. The first-order chi connectivity index (χ1) is 15.6. The van der Waals surface area contributed by atoms with Crippen molar-refractivity contribution < 1.29 is 9.53 Å². The second-order valence-electron chi connectivity index (χ2n) is 6.92. The summed E-state index contributed by atoms with van der Waals surface area (Å²) in [5.74, 6) is 0.322. The first-order valence-corrected chi connectivity index (χ1v) is 12.6. The summed E-state index contributed by atoms with van der Waals surface area (Å²) in [5.41, 5.74) is 1.50. The predicted molar refractivity (Wildman–Crippen MR) is 148 cm³/mol. The molecule has 3 N–H and O–H groups in total. The molecular weight excluding hydrogens is 636 g/mol. The Morgan fingerprint density at radius 1 is 1.06 bits per heavy atom. The molecule has 33 heavy (non-hydrogen) atoms. The highest BCUT2D eigenvalue weighted by Gasteiger charge is 2.34. The van der Waals surface area contributed by atoms with Gasteiger partial charge in [0.25, 0.3) is 0 Å². The maximum absolute atomic E-state index is 12.8. The number of hydrogen-bond acceptors (Lipinski definition) is 3. The van der Waals surface area contributed by atoms with Gasteiger partial charge in [0.2, 0.25) is 9.70 Å². The van der Waals surface area contributed by atoms with E-state index < -0.39 is 9.96 Å². The van der Waals surface area contributed by atoms with Crippen LogP contribution in [0, 0.1) is 0 Å². The van der Waals surface area contributed by atoms with Crippen molar-refractivity contribution in [1.82, 2.24) is 10.6 Å². The van der Waals surface area contributed by atoms with Gasteiger partial charge in [0.15, 0.2) is 5.11 Å². The molecule has 3 aromatic carbocycles. The summed E-state index contributed by atoms with van der Waals surface area (Å²) in [6.07, 6.45) is -0.975. The Balaban J connectivity index is 1.71. The maximum atomic E-state index is 12.8. The molecule has 0 fully saturated rings. The van der Waals surface area contributed by atoms with Crippen LogP contribution in [-0.2, 0) is 11.2 Å². The minimum absolute atomic E-state index is 0.107. The molecule has 0 spiro atoms. The predicted octanol–water partition coefficient (Wildman–Crippen LogP) is 6.72. The van der Waals surface area contributed by atoms with Crippen molar-refractivity contribution >= 4 is 106 Å². The Kier molecular flexibility index (Phi) is 9.11. The Labute approximate surface area is 228 Å². The highest BCUT2D eigenvalue weighted by molar-refractivity contribution is 9.11. The van der Waals surface area contributed by atoms with Crippen LogP contribution in [0.2, 0.25) is 0 Å². The molecule has 3 rings (SSSR count).